The van der Waals surface area contributed by atoms with E-state index in [4.69, 9.17) is 14.2 Å². The van der Waals surface area contributed by atoms with Gasteiger partial charge in [-0.2, -0.15) is 5.10 Å². The molecular formula is C22H32N2O4. The summed E-state index contributed by atoms with van der Waals surface area (Å²) < 4.78 is 17.5. The van der Waals surface area contributed by atoms with Crippen LogP contribution in [0.4, 0.5) is 0 Å². The second-order valence-corrected chi connectivity index (χ2v) is 6.94. The van der Waals surface area contributed by atoms with Crippen LogP contribution in [0.2, 0.25) is 0 Å². The highest BCUT2D eigenvalue weighted by Crippen LogP contribution is 2.38. The van der Waals surface area contributed by atoms with E-state index in [2.05, 4.69) is 12.0 Å². The summed E-state index contributed by atoms with van der Waals surface area (Å²) in [5, 5.41) is 4.51. The van der Waals surface area contributed by atoms with Crippen LogP contribution in [0.3, 0.4) is 0 Å². The van der Waals surface area contributed by atoms with Crippen molar-refractivity contribution in [3.05, 3.63) is 34.6 Å². The number of carbonyl (C=O) groups is 1. The standard InChI is InChI=1S/C22H32N2O4/c1-7-8-9-10-11-12-18-15(2)23-24(16(18)3)22(25)17-13-19(26-4)21(28-6)20(14-17)27-5/h13-14H,7-12H2,1-6H3. The summed E-state index contributed by atoms with van der Waals surface area (Å²) in [6, 6.07) is 3.31. The van der Waals surface area contributed by atoms with Gasteiger partial charge in [-0.05, 0) is 44.4 Å². The third kappa shape index (κ3) is 4.66. The lowest BCUT2D eigenvalue weighted by Crippen LogP contribution is -2.16. The molecule has 0 bridgehead atoms. The zero-order valence-corrected chi connectivity index (χ0v) is 17.9. The average molecular weight is 389 g/mol. The number of ether oxygens (including phenoxy) is 3. The Balaban J connectivity index is 2.28. The number of aromatic nitrogens is 2. The number of carbonyl (C=O) groups excluding carboxylic acids is 1. The lowest BCUT2D eigenvalue weighted by atomic mass is 10.0. The van der Waals surface area contributed by atoms with Crippen LogP contribution >= 0.6 is 0 Å². The quantitative estimate of drug-likeness (QED) is 0.551. The van der Waals surface area contributed by atoms with Gasteiger partial charge in [-0.3, -0.25) is 4.79 Å². The van der Waals surface area contributed by atoms with E-state index in [-0.39, 0.29) is 5.91 Å². The summed E-state index contributed by atoms with van der Waals surface area (Å²) >= 11 is 0. The van der Waals surface area contributed by atoms with Crippen molar-refractivity contribution in [1.29, 1.82) is 0 Å². The average Bonchev–Trinajstić information content (AvgIpc) is 2.99. The molecule has 28 heavy (non-hydrogen) atoms. The van der Waals surface area contributed by atoms with Crippen LogP contribution in [0.1, 0.15) is 66.3 Å². The van der Waals surface area contributed by atoms with Gasteiger partial charge in [0.05, 0.1) is 27.0 Å². The molecule has 0 saturated carbocycles. The Labute approximate surface area is 167 Å². The van der Waals surface area contributed by atoms with Crippen LogP contribution in [0, 0.1) is 13.8 Å². The van der Waals surface area contributed by atoms with Crippen molar-refractivity contribution in [1.82, 2.24) is 9.78 Å². The third-order valence-electron chi connectivity index (χ3n) is 5.08. The van der Waals surface area contributed by atoms with Crippen LogP contribution in [0.15, 0.2) is 12.1 Å². The summed E-state index contributed by atoms with van der Waals surface area (Å²) in [6.45, 7) is 6.14. The van der Waals surface area contributed by atoms with Crippen LogP contribution < -0.4 is 14.2 Å². The predicted octanol–water partition coefficient (Wildman–Crippen LogP) is 4.73. The molecule has 0 spiro atoms. The van der Waals surface area contributed by atoms with Gasteiger partial charge >= 0.3 is 0 Å². The monoisotopic (exact) mass is 388 g/mol. The Morgan fingerprint density at radius 2 is 1.57 bits per heavy atom. The number of nitrogens with zero attached hydrogens (tertiary/aromatic N) is 2. The minimum absolute atomic E-state index is 0.211. The number of hydrogen-bond donors (Lipinski definition) is 0. The number of benzene rings is 1. The minimum Gasteiger partial charge on any atom is -0.493 e. The molecule has 6 heteroatoms. The van der Waals surface area contributed by atoms with Gasteiger partial charge in [0.15, 0.2) is 11.5 Å². The first-order valence-electron chi connectivity index (χ1n) is 9.88. The fourth-order valence-corrected chi connectivity index (χ4v) is 3.47. The zero-order chi connectivity index (χ0) is 20.7. The van der Waals surface area contributed by atoms with Gasteiger partial charge in [-0.1, -0.05) is 32.6 Å². The van der Waals surface area contributed by atoms with Crippen molar-refractivity contribution in [3.63, 3.8) is 0 Å². The summed E-state index contributed by atoms with van der Waals surface area (Å²) in [4.78, 5) is 13.1. The maximum atomic E-state index is 13.1. The number of aryl methyl sites for hydroxylation is 1. The molecule has 0 aliphatic rings. The maximum absolute atomic E-state index is 13.1. The molecule has 0 atom stereocenters. The van der Waals surface area contributed by atoms with Gasteiger partial charge in [0.2, 0.25) is 5.75 Å². The first-order valence-corrected chi connectivity index (χ1v) is 9.88. The second-order valence-electron chi connectivity index (χ2n) is 6.94. The van der Waals surface area contributed by atoms with Crippen molar-refractivity contribution in [3.8, 4) is 17.2 Å². The van der Waals surface area contributed by atoms with Crippen molar-refractivity contribution >= 4 is 5.91 Å². The molecule has 2 rings (SSSR count). The van der Waals surface area contributed by atoms with Crippen molar-refractivity contribution in [2.24, 2.45) is 0 Å². The smallest absolute Gasteiger partial charge is 0.278 e. The first kappa shape index (κ1) is 21.8. The Hall–Kier alpha value is -2.50. The first-order chi connectivity index (χ1) is 13.5. The highest BCUT2D eigenvalue weighted by molar-refractivity contribution is 5.97. The highest BCUT2D eigenvalue weighted by atomic mass is 16.5. The summed E-state index contributed by atoms with van der Waals surface area (Å²) in [5.74, 6) is 1.14. The van der Waals surface area contributed by atoms with Gasteiger partial charge in [-0.15, -0.1) is 0 Å². The molecule has 6 nitrogen and oxygen atoms in total. The summed E-state index contributed by atoms with van der Waals surface area (Å²) in [6.07, 6.45) is 7.04. The molecular weight excluding hydrogens is 356 g/mol. The van der Waals surface area contributed by atoms with Crippen molar-refractivity contribution in [2.75, 3.05) is 21.3 Å². The van der Waals surface area contributed by atoms with E-state index in [1.165, 1.54) is 51.7 Å². The Morgan fingerprint density at radius 1 is 0.964 bits per heavy atom. The Kier molecular flexibility index (Phi) is 7.91. The van der Waals surface area contributed by atoms with Gasteiger partial charge in [0, 0.05) is 11.3 Å². The fraction of sp³-hybridized carbons (Fsp3) is 0.545. The minimum atomic E-state index is -0.211. The van der Waals surface area contributed by atoms with E-state index < -0.39 is 0 Å². The molecule has 0 unspecified atom stereocenters. The van der Waals surface area contributed by atoms with E-state index in [0.717, 1.165) is 29.8 Å². The van der Waals surface area contributed by atoms with E-state index in [0.29, 0.717) is 22.8 Å². The molecule has 0 N–H and O–H groups in total. The molecule has 1 aromatic carbocycles. The molecule has 0 saturated heterocycles. The zero-order valence-electron chi connectivity index (χ0n) is 17.9. The van der Waals surface area contributed by atoms with E-state index >= 15 is 0 Å². The van der Waals surface area contributed by atoms with E-state index in [1.807, 2.05) is 13.8 Å². The Morgan fingerprint density at radius 3 is 2.11 bits per heavy atom. The lowest BCUT2D eigenvalue weighted by Gasteiger charge is -2.14. The van der Waals surface area contributed by atoms with Gasteiger partial charge < -0.3 is 14.2 Å². The summed E-state index contributed by atoms with van der Waals surface area (Å²) in [5.41, 5.74) is 3.41. The molecule has 2 aromatic rings. The van der Waals surface area contributed by atoms with Crippen LogP contribution in [-0.2, 0) is 6.42 Å². The molecule has 1 heterocycles. The van der Waals surface area contributed by atoms with Gasteiger partial charge in [0.1, 0.15) is 0 Å². The SMILES string of the molecule is CCCCCCCc1c(C)nn(C(=O)c2cc(OC)c(OC)c(OC)c2)c1C. The summed E-state index contributed by atoms with van der Waals surface area (Å²) in [7, 11) is 4.60. The molecule has 0 aliphatic carbocycles. The molecule has 0 radical (unpaired) electrons. The number of methoxy groups -OCH3 is 3. The van der Waals surface area contributed by atoms with Gasteiger partial charge in [-0.25, -0.2) is 4.68 Å². The van der Waals surface area contributed by atoms with Crippen LogP contribution in [0.5, 0.6) is 17.2 Å². The normalized spacial score (nSPS) is 10.8. The molecule has 0 aliphatic heterocycles. The maximum Gasteiger partial charge on any atom is 0.278 e. The van der Waals surface area contributed by atoms with E-state index in [9.17, 15) is 4.79 Å². The molecule has 1 aromatic heterocycles. The molecule has 154 valence electrons. The van der Waals surface area contributed by atoms with Crippen LogP contribution in [-0.4, -0.2) is 37.0 Å². The second kappa shape index (κ2) is 10.2. The largest absolute Gasteiger partial charge is 0.493 e. The topological polar surface area (TPSA) is 62.6 Å². The highest BCUT2D eigenvalue weighted by Gasteiger charge is 2.21. The fourth-order valence-electron chi connectivity index (χ4n) is 3.47. The van der Waals surface area contributed by atoms with Crippen LogP contribution in [0.25, 0.3) is 0 Å². The van der Waals surface area contributed by atoms with Crippen molar-refractivity contribution in [2.45, 2.75) is 59.3 Å². The van der Waals surface area contributed by atoms with Crippen molar-refractivity contribution < 1.29 is 19.0 Å². The number of unbranched alkanes of at least 4 members (excludes halogenated alkanes) is 4. The Bertz CT molecular complexity index is 786. The lowest BCUT2D eigenvalue weighted by molar-refractivity contribution is 0.0941. The van der Waals surface area contributed by atoms with E-state index in [1.54, 1.807) is 12.1 Å². The molecule has 0 fully saturated rings. The third-order valence-corrected chi connectivity index (χ3v) is 5.08. The molecule has 0 amide bonds. The predicted molar refractivity (Wildman–Crippen MR) is 110 cm³/mol. The number of hydrogen-bond acceptors (Lipinski definition) is 5. The number of rotatable bonds is 10. The van der Waals surface area contributed by atoms with Gasteiger partial charge in [0.25, 0.3) is 5.91 Å².